The Hall–Kier alpha value is -2.17. The number of Topliss-reactive ketones (excluding diaryl/α,β-unsaturated/α-hetero) is 1. The highest BCUT2D eigenvalue weighted by Crippen LogP contribution is 2.21. The Morgan fingerprint density at radius 2 is 1.96 bits per heavy atom. The van der Waals surface area contributed by atoms with Crippen molar-refractivity contribution >= 4 is 17.7 Å². The van der Waals surface area contributed by atoms with Gasteiger partial charge in [-0.25, -0.2) is 0 Å². The first-order chi connectivity index (χ1) is 11.5. The normalized spacial score (nSPS) is 15.4. The Kier molecular flexibility index (Phi) is 6.53. The SMILES string of the molecule is CCCCC(C(=O)c1ccc(COC(C)=O)cc1)N1CCCC1=O. The molecule has 1 amide bonds. The molecule has 1 fully saturated rings. The second-order valence-electron chi connectivity index (χ2n) is 6.19. The maximum Gasteiger partial charge on any atom is 0.302 e. The average Bonchev–Trinajstić information content (AvgIpc) is 2.99. The number of nitrogens with zero attached hydrogens (tertiary/aromatic N) is 1. The number of ether oxygens (including phenoxy) is 1. The third-order valence-electron chi connectivity index (χ3n) is 4.30. The molecule has 0 N–H and O–H groups in total. The lowest BCUT2D eigenvalue weighted by molar-refractivity contribution is -0.142. The van der Waals surface area contributed by atoms with Crippen molar-refractivity contribution in [3.05, 3.63) is 35.4 Å². The van der Waals surface area contributed by atoms with Gasteiger partial charge in [-0.3, -0.25) is 14.4 Å². The van der Waals surface area contributed by atoms with Crippen LogP contribution >= 0.6 is 0 Å². The number of unbranched alkanes of at least 4 members (excludes halogenated alkanes) is 1. The summed E-state index contributed by atoms with van der Waals surface area (Å²) in [5.41, 5.74) is 1.44. The summed E-state index contributed by atoms with van der Waals surface area (Å²) < 4.78 is 4.95. The molecule has 0 spiro atoms. The number of hydrogen-bond acceptors (Lipinski definition) is 4. The molecule has 1 saturated heterocycles. The summed E-state index contributed by atoms with van der Waals surface area (Å²) in [5.74, 6) is -0.254. The van der Waals surface area contributed by atoms with Crippen LogP contribution in [0, 0.1) is 0 Å². The molecule has 0 aliphatic carbocycles. The number of ketones is 1. The van der Waals surface area contributed by atoms with Crippen LogP contribution in [0.4, 0.5) is 0 Å². The molecule has 1 atom stereocenters. The minimum atomic E-state index is -0.362. The summed E-state index contributed by atoms with van der Waals surface area (Å²) in [4.78, 5) is 37.5. The van der Waals surface area contributed by atoms with Gasteiger partial charge in [-0.1, -0.05) is 44.0 Å². The molecular formula is C19H25NO4. The van der Waals surface area contributed by atoms with Crippen LogP contribution in [0.15, 0.2) is 24.3 Å². The van der Waals surface area contributed by atoms with Crippen LogP contribution in [0.3, 0.4) is 0 Å². The summed E-state index contributed by atoms with van der Waals surface area (Å²) >= 11 is 0. The van der Waals surface area contributed by atoms with Crippen LogP contribution in [-0.2, 0) is 20.9 Å². The van der Waals surface area contributed by atoms with E-state index < -0.39 is 0 Å². The van der Waals surface area contributed by atoms with Crippen molar-refractivity contribution in [3.8, 4) is 0 Å². The molecule has 1 aromatic rings. The molecule has 1 heterocycles. The van der Waals surface area contributed by atoms with E-state index in [1.165, 1.54) is 6.92 Å². The summed E-state index contributed by atoms with van der Waals surface area (Å²) in [7, 11) is 0. The van der Waals surface area contributed by atoms with Gasteiger partial charge >= 0.3 is 5.97 Å². The van der Waals surface area contributed by atoms with Crippen molar-refractivity contribution < 1.29 is 19.1 Å². The summed E-state index contributed by atoms with van der Waals surface area (Å²) in [6.07, 6.45) is 3.99. The van der Waals surface area contributed by atoms with Crippen LogP contribution in [0.2, 0.25) is 0 Å². The van der Waals surface area contributed by atoms with E-state index in [9.17, 15) is 14.4 Å². The molecule has 0 radical (unpaired) electrons. The molecule has 1 aliphatic rings. The number of carbonyl (C=O) groups is 3. The van der Waals surface area contributed by atoms with Crippen molar-refractivity contribution in [3.63, 3.8) is 0 Å². The molecule has 1 aromatic carbocycles. The molecular weight excluding hydrogens is 306 g/mol. The number of rotatable bonds is 8. The monoisotopic (exact) mass is 331 g/mol. The van der Waals surface area contributed by atoms with E-state index >= 15 is 0 Å². The zero-order valence-corrected chi connectivity index (χ0v) is 14.4. The van der Waals surface area contributed by atoms with Gasteiger partial charge in [0.25, 0.3) is 0 Å². The van der Waals surface area contributed by atoms with E-state index in [-0.39, 0.29) is 30.3 Å². The van der Waals surface area contributed by atoms with Gasteiger partial charge in [0.1, 0.15) is 6.61 Å². The van der Waals surface area contributed by atoms with E-state index in [0.29, 0.717) is 24.9 Å². The fourth-order valence-electron chi connectivity index (χ4n) is 2.97. The highest BCUT2D eigenvalue weighted by atomic mass is 16.5. The molecule has 0 bridgehead atoms. The Bertz CT molecular complexity index is 594. The quantitative estimate of drug-likeness (QED) is 0.542. The largest absolute Gasteiger partial charge is 0.461 e. The second kappa shape index (κ2) is 8.62. The van der Waals surface area contributed by atoms with Crippen molar-refractivity contribution in [1.29, 1.82) is 0 Å². The lowest BCUT2D eigenvalue weighted by Gasteiger charge is -2.26. The minimum absolute atomic E-state index is 0.00210. The number of benzene rings is 1. The first-order valence-electron chi connectivity index (χ1n) is 8.59. The smallest absolute Gasteiger partial charge is 0.302 e. The Morgan fingerprint density at radius 3 is 2.50 bits per heavy atom. The van der Waals surface area contributed by atoms with Crippen LogP contribution in [-0.4, -0.2) is 35.1 Å². The molecule has 0 saturated carbocycles. The molecule has 0 aromatic heterocycles. The molecule has 2 rings (SSSR count). The van der Waals surface area contributed by atoms with Crippen molar-refractivity contribution in [2.45, 2.75) is 58.6 Å². The first kappa shape index (κ1) is 18.2. The van der Waals surface area contributed by atoms with E-state index in [1.54, 1.807) is 29.2 Å². The number of hydrogen-bond donors (Lipinski definition) is 0. The van der Waals surface area contributed by atoms with Gasteiger partial charge in [-0.2, -0.15) is 0 Å². The van der Waals surface area contributed by atoms with Crippen molar-refractivity contribution in [2.24, 2.45) is 0 Å². The van der Waals surface area contributed by atoms with Gasteiger partial charge in [0, 0.05) is 25.5 Å². The van der Waals surface area contributed by atoms with Crippen molar-refractivity contribution in [1.82, 2.24) is 4.90 Å². The maximum absolute atomic E-state index is 12.9. The Balaban J connectivity index is 2.10. The van der Waals surface area contributed by atoms with Gasteiger partial charge in [0.05, 0.1) is 6.04 Å². The molecule has 5 heteroatoms. The second-order valence-corrected chi connectivity index (χ2v) is 6.19. The Labute approximate surface area is 143 Å². The van der Waals surface area contributed by atoms with Crippen LogP contribution < -0.4 is 0 Å². The molecule has 24 heavy (non-hydrogen) atoms. The Morgan fingerprint density at radius 1 is 1.25 bits per heavy atom. The van der Waals surface area contributed by atoms with Crippen LogP contribution in [0.5, 0.6) is 0 Å². The summed E-state index contributed by atoms with van der Waals surface area (Å²) in [6, 6.07) is 6.72. The summed E-state index contributed by atoms with van der Waals surface area (Å²) in [5, 5.41) is 0. The highest BCUT2D eigenvalue weighted by molar-refractivity contribution is 6.02. The topological polar surface area (TPSA) is 63.7 Å². The van der Waals surface area contributed by atoms with Crippen molar-refractivity contribution in [2.75, 3.05) is 6.54 Å². The molecule has 1 aliphatic heterocycles. The van der Waals surface area contributed by atoms with E-state index in [0.717, 1.165) is 24.8 Å². The van der Waals surface area contributed by atoms with Gasteiger partial charge in [-0.05, 0) is 18.4 Å². The van der Waals surface area contributed by atoms with Gasteiger partial charge in [0.2, 0.25) is 5.91 Å². The third kappa shape index (κ3) is 4.66. The molecule has 130 valence electrons. The number of amides is 1. The van der Waals surface area contributed by atoms with Gasteiger partial charge in [0.15, 0.2) is 5.78 Å². The first-order valence-corrected chi connectivity index (χ1v) is 8.59. The van der Waals surface area contributed by atoms with E-state index in [2.05, 4.69) is 6.92 Å². The van der Waals surface area contributed by atoms with Crippen LogP contribution in [0.25, 0.3) is 0 Å². The predicted octanol–water partition coefficient (Wildman–Crippen LogP) is 3.11. The predicted molar refractivity (Wildman–Crippen MR) is 90.5 cm³/mol. The van der Waals surface area contributed by atoms with Crippen LogP contribution in [0.1, 0.15) is 61.9 Å². The third-order valence-corrected chi connectivity index (χ3v) is 4.30. The molecule has 1 unspecified atom stereocenters. The zero-order valence-electron chi connectivity index (χ0n) is 14.4. The lowest BCUT2D eigenvalue weighted by Crippen LogP contribution is -2.42. The van der Waals surface area contributed by atoms with Gasteiger partial charge in [-0.15, -0.1) is 0 Å². The van der Waals surface area contributed by atoms with Gasteiger partial charge < -0.3 is 9.64 Å². The van der Waals surface area contributed by atoms with E-state index in [4.69, 9.17) is 4.74 Å². The fraction of sp³-hybridized carbons (Fsp3) is 0.526. The maximum atomic E-state index is 12.9. The highest BCUT2D eigenvalue weighted by Gasteiger charge is 2.32. The molecule has 5 nitrogen and oxygen atoms in total. The average molecular weight is 331 g/mol. The zero-order chi connectivity index (χ0) is 17.5. The number of esters is 1. The van der Waals surface area contributed by atoms with E-state index in [1.807, 2.05) is 0 Å². The fourth-order valence-corrected chi connectivity index (χ4v) is 2.97. The number of likely N-dealkylation sites (tertiary alicyclic amines) is 1. The number of carbonyl (C=O) groups excluding carboxylic acids is 3. The standard InChI is InChI=1S/C19H25NO4/c1-3-4-6-17(20-12-5-7-18(20)22)19(23)16-10-8-15(9-11-16)13-24-14(2)21/h8-11,17H,3-7,12-13H2,1-2H3. The lowest BCUT2D eigenvalue weighted by atomic mass is 9.97. The summed E-state index contributed by atoms with van der Waals surface area (Å²) in [6.45, 7) is 4.32. The minimum Gasteiger partial charge on any atom is -0.461 e.